The quantitative estimate of drug-likeness (QED) is 0.536. The molecule has 1 aromatic heterocycles. The minimum atomic E-state index is -2.70. The Labute approximate surface area is 224 Å². The number of hydrogen-bond donors (Lipinski definition) is 2. The summed E-state index contributed by atoms with van der Waals surface area (Å²) in [7, 11) is 1.50. The molecule has 1 unspecified atom stereocenters. The molecule has 10 heteroatoms. The molecule has 0 amide bonds. The third-order valence-corrected chi connectivity index (χ3v) is 7.85. The third kappa shape index (κ3) is 6.97. The van der Waals surface area contributed by atoms with Crippen LogP contribution in [-0.2, 0) is 0 Å². The van der Waals surface area contributed by atoms with Crippen molar-refractivity contribution in [3.05, 3.63) is 41.7 Å². The fraction of sp³-hybridized carbons (Fsp3) is 0.407. The molecule has 1 aliphatic carbocycles. The number of aromatic nitrogens is 1. The van der Waals surface area contributed by atoms with Gasteiger partial charge in [-0.15, -0.1) is 0 Å². The van der Waals surface area contributed by atoms with Crippen molar-refractivity contribution < 1.29 is 13.5 Å². The number of nitrogens with zero attached hydrogens (tertiary/aromatic N) is 3. The Morgan fingerprint density at radius 1 is 1.19 bits per heavy atom. The largest absolute Gasteiger partial charge is 0.494 e. The highest BCUT2D eigenvalue weighted by molar-refractivity contribution is 8.14. The van der Waals surface area contributed by atoms with Gasteiger partial charge in [-0.3, -0.25) is 15.3 Å². The molecule has 2 aliphatic heterocycles. The monoisotopic (exact) mass is 539 g/mol. The van der Waals surface area contributed by atoms with Crippen molar-refractivity contribution in [3.63, 3.8) is 0 Å². The van der Waals surface area contributed by atoms with E-state index >= 15 is 0 Å². The summed E-state index contributed by atoms with van der Waals surface area (Å²) >= 11 is 3.45. The average molecular weight is 540 g/mol. The fourth-order valence-corrected chi connectivity index (χ4v) is 5.56. The highest BCUT2D eigenvalue weighted by atomic mass is 32.2. The normalized spacial score (nSPS) is 20.6. The Morgan fingerprint density at radius 2 is 2.03 bits per heavy atom. The lowest BCUT2D eigenvalue weighted by Crippen LogP contribution is -2.32. The van der Waals surface area contributed by atoms with Crippen LogP contribution in [0.2, 0.25) is 0 Å². The Morgan fingerprint density at radius 3 is 2.78 bits per heavy atom. The molecule has 3 fully saturated rings. The summed E-state index contributed by atoms with van der Waals surface area (Å²) in [6.45, 7) is 2.77. The molecule has 37 heavy (non-hydrogen) atoms. The van der Waals surface area contributed by atoms with Crippen LogP contribution in [0.4, 0.5) is 14.5 Å². The second-order valence-electron chi connectivity index (χ2n) is 8.78. The number of methoxy groups -OCH3 is 1. The van der Waals surface area contributed by atoms with E-state index in [2.05, 4.69) is 44.4 Å². The maximum absolute atomic E-state index is 13.5. The molecular weight excluding hydrogens is 512 g/mol. The minimum absolute atomic E-state index is 0.0953. The van der Waals surface area contributed by atoms with E-state index < -0.39 is 6.43 Å². The van der Waals surface area contributed by atoms with Crippen LogP contribution in [0.1, 0.15) is 30.5 Å². The molecule has 3 heterocycles. The van der Waals surface area contributed by atoms with Gasteiger partial charge >= 0.3 is 0 Å². The van der Waals surface area contributed by atoms with Crippen LogP contribution in [0, 0.1) is 29.6 Å². The van der Waals surface area contributed by atoms with Crippen LogP contribution in [0.5, 0.6) is 5.75 Å². The van der Waals surface area contributed by atoms with E-state index in [1.54, 1.807) is 0 Å². The zero-order valence-electron chi connectivity index (χ0n) is 20.4. The van der Waals surface area contributed by atoms with Gasteiger partial charge in [0, 0.05) is 47.2 Å². The van der Waals surface area contributed by atoms with Crippen molar-refractivity contribution >= 4 is 34.4 Å². The van der Waals surface area contributed by atoms with E-state index in [9.17, 15) is 8.78 Å². The number of aliphatic imine (C=N–C) groups is 1. The number of hydrogen-bond acceptors (Lipinski definition) is 7. The van der Waals surface area contributed by atoms with Gasteiger partial charge in [-0.2, -0.15) is 11.8 Å². The third-order valence-electron chi connectivity index (χ3n) is 6.02. The van der Waals surface area contributed by atoms with Gasteiger partial charge in [-0.1, -0.05) is 35.4 Å². The number of amidine groups is 1. The van der Waals surface area contributed by atoms with Crippen LogP contribution in [0.25, 0.3) is 11.1 Å². The van der Waals surface area contributed by atoms with E-state index in [4.69, 9.17) is 9.73 Å². The summed E-state index contributed by atoms with van der Waals surface area (Å²) < 4.78 is 32.5. The maximum atomic E-state index is 13.5. The SMILES string of the molecule is COc1cnc(C(F)F)cc1-c1cc(C#CCN2CCSCC2)ccc1N=C1NNC(C#CC2CC2)S1. The second-order valence-corrected chi connectivity index (χ2v) is 11.1. The van der Waals surface area contributed by atoms with Gasteiger partial charge in [0.25, 0.3) is 6.43 Å². The number of alkyl halides is 2. The second kappa shape index (κ2) is 12.2. The van der Waals surface area contributed by atoms with Crippen molar-refractivity contribution in [2.24, 2.45) is 10.9 Å². The summed E-state index contributed by atoms with van der Waals surface area (Å²) in [5.41, 5.74) is 8.42. The zero-order valence-corrected chi connectivity index (χ0v) is 22.0. The molecule has 2 aromatic rings. The van der Waals surface area contributed by atoms with Crippen LogP contribution in [0.15, 0.2) is 35.5 Å². The Bertz CT molecular complexity index is 1290. The molecule has 1 aromatic carbocycles. The van der Waals surface area contributed by atoms with Gasteiger partial charge in [-0.05, 0) is 37.1 Å². The predicted octanol–water partition coefficient (Wildman–Crippen LogP) is 4.66. The summed E-state index contributed by atoms with van der Waals surface area (Å²) in [4.78, 5) is 11.0. The van der Waals surface area contributed by atoms with Crippen molar-refractivity contribution in [1.29, 1.82) is 0 Å². The smallest absolute Gasteiger partial charge is 0.280 e. The summed E-state index contributed by atoms with van der Waals surface area (Å²) in [6, 6.07) is 7.00. The number of benzene rings is 1. The van der Waals surface area contributed by atoms with Gasteiger partial charge in [0.05, 0.1) is 25.5 Å². The Balaban J connectivity index is 1.47. The molecule has 192 valence electrons. The van der Waals surface area contributed by atoms with Gasteiger partial charge < -0.3 is 4.74 Å². The first-order valence-electron chi connectivity index (χ1n) is 12.1. The van der Waals surface area contributed by atoms with E-state index in [1.807, 2.05) is 30.0 Å². The Kier molecular flexibility index (Phi) is 8.52. The number of rotatable bonds is 5. The first-order valence-corrected chi connectivity index (χ1v) is 14.2. The van der Waals surface area contributed by atoms with Crippen molar-refractivity contribution in [2.75, 3.05) is 38.2 Å². The summed E-state index contributed by atoms with van der Waals surface area (Å²) in [6.07, 6.45) is 0.965. The molecule has 2 saturated heterocycles. The molecule has 2 N–H and O–H groups in total. The molecule has 5 rings (SSSR count). The molecule has 1 saturated carbocycles. The number of thioether (sulfide) groups is 2. The van der Waals surface area contributed by atoms with E-state index in [-0.39, 0.29) is 11.1 Å². The topological polar surface area (TPSA) is 61.8 Å². The van der Waals surface area contributed by atoms with E-state index in [1.165, 1.54) is 44.0 Å². The van der Waals surface area contributed by atoms with Crippen LogP contribution < -0.4 is 15.6 Å². The number of ether oxygens (including phenoxy) is 1. The van der Waals surface area contributed by atoms with Crippen LogP contribution in [-0.4, -0.2) is 58.7 Å². The number of hydrazine groups is 1. The summed E-state index contributed by atoms with van der Waals surface area (Å²) in [5.74, 6) is 16.1. The highest BCUT2D eigenvalue weighted by Crippen LogP contribution is 2.39. The van der Waals surface area contributed by atoms with E-state index in [0.717, 1.165) is 30.2 Å². The molecule has 1 atom stereocenters. The molecule has 0 bridgehead atoms. The van der Waals surface area contributed by atoms with E-state index in [0.29, 0.717) is 40.2 Å². The first kappa shape index (κ1) is 25.9. The lowest BCUT2D eigenvalue weighted by molar-refractivity contribution is 0.146. The van der Waals surface area contributed by atoms with Crippen molar-refractivity contribution in [1.82, 2.24) is 20.7 Å². The molecule has 6 nitrogen and oxygen atoms in total. The van der Waals surface area contributed by atoms with Crippen molar-refractivity contribution in [2.45, 2.75) is 24.6 Å². The number of halogens is 2. The first-order chi connectivity index (χ1) is 18.1. The van der Waals surface area contributed by atoms with Gasteiger partial charge in [-0.25, -0.2) is 19.2 Å². The number of pyridine rings is 1. The standard InChI is InChI=1S/C27H27F2N5OS2/c1-35-24-17-30-23(26(28)29)16-21(24)20-15-19(3-2-10-34-11-13-36-14-12-34)6-8-22(20)31-27-33-32-25(37-27)9-7-18-4-5-18/h6,8,15-18,25-26,32H,4-5,10-14H2,1H3,(H,31,33). The molecule has 0 radical (unpaired) electrons. The van der Waals surface area contributed by atoms with Gasteiger partial charge in [0.15, 0.2) is 5.17 Å². The predicted molar refractivity (Wildman–Crippen MR) is 147 cm³/mol. The van der Waals surface area contributed by atoms with Gasteiger partial charge in [0.1, 0.15) is 16.8 Å². The fourth-order valence-electron chi connectivity index (χ4n) is 3.84. The highest BCUT2D eigenvalue weighted by Gasteiger charge is 2.23. The minimum Gasteiger partial charge on any atom is -0.494 e. The maximum Gasteiger partial charge on any atom is 0.280 e. The lowest BCUT2D eigenvalue weighted by atomic mass is 10.00. The Hall–Kier alpha value is -2.76. The molecular formula is C27H27F2N5OS2. The van der Waals surface area contributed by atoms with Crippen LogP contribution in [0.3, 0.4) is 0 Å². The zero-order chi connectivity index (χ0) is 25.6. The molecule has 3 aliphatic rings. The van der Waals surface area contributed by atoms with Crippen molar-refractivity contribution in [3.8, 4) is 40.6 Å². The average Bonchev–Trinajstić information content (AvgIpc) is 3.65. The van der Waals surface area contributed by atoms with Gasteiger partial charge in [0.2, 0.25) is 0 Å². The lowest BCUT2D eigenvalue weighted by Gasteiger charge is -2.23. The van der Waals surface area contributed by atoms with Crippen LogP contribution >= 0.6 is 23.5 Å². The summed E-state index contributed by atoms with van der Waals surface area (Å²) in [5, 5.41) is 0.558. The molecule has 0 spiro atoms. The number of nitrogens with one attached hydrogen (secondary N) is 2.